The number of para-hydroxylation sites is 1. The van der Waals surface area contributed by atoms with Gasteiger partial charge >= 0.3 is 0 Å². The third-order valence-electron chi connectivity index (χ3n) is 7.01. The second kappa shape index (κ2) is 8.20. The summed E-state index contributed by atoms with van der Waals surface area (Å²) in [4.78, 5) is 2.47. The zero-order valence-electron chi connectivity index (χ0n) is 19.3. The Labute approximate surface area is 189 Å². The average Bonchev–Trinajstić information content (AvgIpc) is 3.30. The summed E-state index contributed by atoms with van der Waals surface area (Å²) < 4.78 is 23.5. The molecule has 32 heavy (non-hydrogen) atoms. The molecule has 0 bridgehead atoms. The molecule has 5 rings (SSSR count). The Morgan fingerprint density at radius 1 is 1.03 bits per heavy atom. The number of nitrogens with zero attached hydrogens (tertiary/aromatic N) is 3. The molecule has 0 saturated carbocycles. The lowest BCUT2D eigenvalue weighted by Crippen LogP contribution is -2.59. The van der Waals surface area contributed by atoms with Crippen LogP contribution in [0.1, 0.15) is 43.4 Å². The van der Waals surface area contributed by atoms with Crippen molar-refractivity contribution in [3.63, 3.8) is 0 Å². The van der Waals surface area contributed by atoms with Crippen LogP contribution in [-0.4, -0.2) is 62.3 Å². The van der Waals surface area contributed by atoms with Crippen LogP contribution in [0.3, 0.4) is 0 Å². The fourth-order valence-electron chi connectivity index (χ4n) is 5.18. The van der Waals surface area contributed by atoms with Crippen LogP contribution in [0.5, 0.6) is 23.0 Å². The molecule has 7 heteroatoms. The number of methoxy groups -OCH3 is 3. The largest absolute Gasteiger partial charge is 0.497 e. The summed E-state index contributed by atoms with van der Waals surface area (Å²) in [5.41, 5.74) is 2.65. The number of hydrogen-bond donors (Lipinski definition) is 0. The van der Waals surface area contributed by atoms with Gasteiger partial charge in [0.25, 0.3) is 0 Å². The van der Waals surface area contributed by atoms with Crippen molar-refractivity contribution in [2.24, 2.45) is 5.10 Å². The molecule has 0 amide bonds. The Hall–Kier alpha value is -2.93. The minimum Gasteiger partial charge on any atom is -0.497 e. The zero-order valence-corrected chi connectivity index (χ0v) is 19.3. The first-order valence-electron chi connectivity index (χ1n) is 11.3. The van der Waals surface area contributed by atoms with E-state index in [1.54, 1.807) is 21.3 Å². The molecule has 3 aliphatic rings. The van der Waals surface area contributed by atoms with E-state index >= 15 is 0 Å². The highest BCUT2D eigenvalue weighted by Crippen LogP contribution is 2.53. The molecule has 1 atom stereocenters. The van der Waals surface area contributed by atoms with Crippen LogP contribution in [0, 0.1) is 0 Å². The van der Waals surface area contributed by atoms with Crippen LogP contribution in [-0.2, 0) is 0 Å². The maximum atomic E-state index is 6.78. The number of piperidine rings is 1. The fraction of sp³-hybridized carbons (Fsp3) is 0.480. The zero-order chi connectivity index (χ0) is 22.3. The van der Waals surface area contributed by atoms with Crippen molar-refractivity contribution in [1.29, 1.82) is 0 Å². The van der Waals surface area contributed by atoms with Crippen molar-refractivity contribution in [1.82, 2.24) is 9.91 Å². The molecule has 0 aromatic heterocycles. The number of benzene rings is 2. The summed E-state index contributed by atoms with van der Waals surface area (Å²) in [6, 6.07) is 12.2. The normalized spacial score (nSPS) is 21.4. The highest BCUT2D eigenvalue weighted by atomic mass is 16.5. The number of hydrogen-bond acceptors (Lipinski definition) is 7. The lowest BCUT2D eigenvalue weighted by atomic mass is 9.90. The van der Waals surface area contributed by atoms with Crippen molar-refractivity contribution >= 4 is 5.71 Å². The van der Waals surface area contributed by atoms with Gasteiger partial charge in [-0.2, -0.15) is 5.10 Å². The predicted octanol–water partition coefficient (Wildman–Crippen LogP) is 4.07. The van der Waals surface area contributed by atoms with Gasteiger partial charge < -0.3 is 23.8 Å². The van der Waals surface area contributed by atoms with Gasteiger partial charge in [-0.15, -0.1) is 0 Å². The lowest BCUT2D eigenvalue weighted by Gasteiger charge is -2.51. The van der Waals surface area contributed by atoms with Gasteiger partial charge in [-0.25, -0.2) is 5.01 Å². The average molecular weight is 438 g/mol. The Morgan fingerprint density at radius 2 is 1.81 bits per heavy atom. The molecule has 0 unspecified atom stereocenters. The second-order valence-corrected chi connectivity index (χ2v) is 8.54. The van der Waals surface area contributed by atoms with E-state index in [1.165, 1.54) is 0 Å². The molecular formula is C25H31N3O4. The van der Waals surface area contributed by atoms with Gasteiger partial charge in [0.2, 0.25) is 5.72 Å². The third-order valence-corrected chi connectivity index (χ3v) is 7.01. The van der Waals surface area contributed by atoms with E-state index in [0.29, 0.717) is 0 Å². The van der Waals surface area contributed by atoms with Crippen LogP contribution in [0.15, 0.2) is 41.5 Å². The molecule has 2 aromatic carbocycles. The highest BCUT2D eigenvalue weighted by molar-refractivity contribution is 6.04. The Kier molecular flexibility index (Phi) is 5.37. The monoisotopic (exact) mass is 437 g/mol. The molecule has 0 aliphatic carbocycles. The van der Waals surface area contributed by atoms with E-state index in [2.05, 4.69) is 22.9 Å². The molecule has 0 N–H and O–H groups in total. The molecule has 2 aromatic rings. The van der Waals surface area contributed by atoms with E-state index in [0.717, 1.165) is 78.7 Å². The van der Waals surface area contributed by atoms with Crippen LogP contribution >= 0.6 is 0 Å². The molecular weight excluding hydrogens is 406 g/mol. The van der Waals surface area contributed by atoms with E-state index in [4.69, 9.17) is 24.0 Å². The summed E-state index contributed by atoms with van der Waals surface area (Å²) in [7, 11) is 5.05. The van der Waals surface area contributed by atoms with Crippen molar-refractivity contribution in [2.75, 3.05) is 41.0 Å². The van der Waals surface area contributed by atoms with Crippen LogP contribution in [0.25, 0.3) is 0 Å². The molecule has 1 fully saturated rings. The van der Waals surface area contributed by atoms with Crippen molar-refractivity contribution in [2.45, 2.75) is 38.0 Å². The van der Waals surface area contributed by atoms with Gasteiger partial charge in [0, 0.05) is 49.5 Å². The standard InChI is InChI=1S/C25H31N3O4/c1-5-27-13-11-25(12-14-27)28-21(19-7-6-8-22(30-3)24(19)32-25)16-20(26-28)18-10-9-17(29-2)15-23(18)31-4/h6-10,15,21H,5,11-14,16H2,1-4H3/t21-/m0/s1. The van der Waals surface area contributed by atoms with E-state index < -0.39 is 5.72 Å². The summed E-state index contributed by atoms with van der Waals surface area (Å²) in [5, 5.41) is 7.39. The van der Waals surface area contributed by atoms with Crippen LogP contribution in [0.4, 0.5) is 0 Å². The summed E-state index contributed by atoms with van der Waals surface area (Å²) in [5.74, 6) is 3.18. The van der Waals surface area contributed by atoms with E-state index in [1.807, 2.05) is 30.3 Å². The molecule has 3 heterocycles. The number of fused-ring (bicyclic) bond motifs is 4. The van der Waals surface area contributed by atoms with E-state index in [9.17, 15) is 0 Å². The maximum absolute atomic E-state index is 6.78. The number of likely N-dealkylation sites (tertiary alicyclic amines) is 1. The van der Waals surface area contributed by atoms with Crippen LogP contribution in [0.2, 0.25) is 0 Å². The van der Waals surface area contributed by atoms with Gasteiger partial charge in [-0.05, 0) is 24.7 Å². The Balaban J connectivity index is 1.58. The number of hydrazone groups is 1. The van der Waals surface area contributed by atoms with Gasteiger partial charge in [0.1, 0.15) is 11.5 Å². The Morgan fingerprint density at radius 3 is 2.50 bits per heavy atom. The van der Waals surface area contributed by atoms with Crippen LogP contribution < -0.4 is 18.9 Å². The lowest BCUT2D eigenvalue weighted by molar-refractivity contribution is -0.150. The molecule has 7 nitrogen and oxygen atoms in total. The first-order chi connectivity index (χ1) is 15.6. The first-order valence-corrected chi connectivity index (χ1v) is 11.3. The minimum atomic E-state index is -0.473. The maximum Gasteiger partial charge on any atom is 0.200 e. The van der Waals surface area contributed by atoms with Crippen molar-refractivity contribution < 1.29 is 18.9 Å². The van der Waals surface area contributed by atoms with Gasteiger partial charge in [0.05, 0.1) is 33.1 Å². The molecule has 1 saturated heterocycles. The van der Waals surface area contributed by atoms with Gasteiger partial charge in [-0.1, -0.05) is 19.1 Å². The first kappa shape index (κ1) is 20.9. The van der Waals surface area contributed by atoms with Gasteiger partial charge in [-0.3, -0.25) is 0 Å². The van der Waals surface area contributed by atoms with E-state index in [-0.39, 0.29) is 6.04 Å². The topological polar surface area (TPSA) is 55.8 Å². The smallest absolute Gasteiger partial charge is 0.200 e. The minimum absolute atomic E-state index is 0.101. The predicted molar refractivity (Wildman–Crippen MR) is 123 cm³/mol. The molecule has 3 aliphatic heterocycles. The Bertz CT molecular complexity index is 1030. The number of ether oxygens (including phenoxy) is 4. The number of rotatable bonds is 5. The summed E-state index contributed by atoms with van der Waals surface area (Å²) in [6.45, 7) is 5.24. The summed E-state index contributed by atoms with van der Waals surface area (Å²) in [6.07, 6.45) is 2.57. The quantitative estimate of drug-likeness (QED) is 0.703. The van der Waals surface area contributed by atoms with Crippen molar-refractivity contribution in [3.8, 4) is 23.0 Å². The third kappa shape index (κ3) is 3.26. The fourth-order valence-corrected chi connectivity index (χ4v) is 5.18. The van der Waals surface area contributed by atoms with Gasteiger partial charge in [0.15, 0.2) is 11.5 Å². The SMILES string of the molecule is CCN1CCC2(CC1)Oc1c(OC)cccc1[C@@H]1CC(c3ccc(OC)cc3OC)=NN12. The molecule has 0 radical (unpaired) electrons. The summed E-state index contributed by atoms with van der Waals surface area (Å²) >= 11 is 0. The second-order valence-electron chi connectivity index (χ2n) is 8.54. The highest BCUT2D eigenvalue weighted by Gasteiger charge is 2.52. The van der Waals surface area contributed by atoms with Crippen molar-refractivity contribution in [3.05, 3.63) is 47.5 Å². The molecule has 1 spiro atoms. The molecule has 170 valence electrons.